The van der Waals surface area contributed by atoms with Gasteiger partial charge in [-0.3, -0.25) is 0 Å². The minimum absolute atomic E-state index is 0.687. The maximum Gasteiger partial charge on any atom is 0.116 e. The molecule has 0 saturated heterocycles. The average molecular weight is 215 g/mol. The van der Waals surface area contributed by atoms with Gasteiger partial charge in [-0.15, -0.1) is 0 Å². The predicted octanol–water partition coefficient (Wildman–Crippen LogP) is 2.32. The van der Waals surface area contributed by atoms with Crippen molar-refractivity contribution in [2.24, 2.45) is 0 Å². The van der Waals surface area contributed by atoms with Gasteiger partial charge in [0.25, 0.3) is 0 Å². The summed E-state index contributed by atoms with van der Waals surface area (Å²) in [6.45, 7) is 0.915. The Morgan fingerprint density at radius 3 is 3.00 bits per heavy atom. The summed E-state index contributed by atoms with van der Waals surface area (Å²) in [5, 5.41) is 3.18. The molecule has 16 heavy (non-hydrogen) atoms. The quantitative estimate of drug-likeness (QED) is 0.851. The highest BCUT2D eigenvalue weighted by atomic mass is 15.0. The lowest BCUT2D eigenvalue weighted by molar-refractivity contribution is 0.400. The Bertz CT molecular complexity index is 497. The Morgan fingerprint density at radius 2 is 2.31 bits per heavy atom. The second-order valence-corrected chi connectivity index (χ2v) is 4.61. The molecule has 2 aromatic heterocycles. The Balaban J connectivity index is 2.04. The molecule has 0 radical (unpaired) electrons. The lowest BCUT2D eigenvalue weighted by Gasteiger charge is -2.24. The van der Waals surface area contributed by atoms with Crippen LogP contribution in [0.15, 0.2) is 24.5 Å². The minimum atomic E-state index is 0.687. The number of rotatable bonds is 3. The standard InChI is InChI=1S/C13H17N3/c1-14-7-10-5-6-12-8-15-13(16(12)9-10)11-3-2-4-11/h5-6,8-9,11,14H,2-4,7H2,1H3. The number of fused-ring (bicyclic) bond motifs is 1. The van der Waals surface area contributed by atoms with E-state index < -0.39 is 0 Å². The zero-order valence-corrected chi connectivity index (χ0v) is 9.61. The third-order valence-electron chi connectivity index (χ3n) is 3.47. The molecular weight excluding hydrogens is 198 g/mol. The fourth-order valence-corrected chi connectivity index (χ4v) is 2.33. The molecule has 1 aliphatic carbocycles. The molecule has 84 valence electrons. The summed E-state index contributed by atoms with van der Waals surface area (Å²) < 4.78 is 2.26. The van der Waals surface area contributed by atoms with Crippen LogP contribution >= 0.6 is 0 Å². The summed E-state index contributed by atoms with van der Waals surface area (Å²) in [5.74, 6) is 1.94. The van der Waals surface area contributed by atoms with Gasteiger partial charge in [-0.05, 0) is 31.5 Å². The minimum Gasteiger partial charge on any atom is -0.316 e. The Morgan fingerprint density at radius 1 is 1.44 bits per heavy atom. The van der Waals surface area contributed by atoms with Crippen LogP contribution in [0.25, 0.3) is 5.52 Å². The number of nitrogens with one attached hydrogen (secondary N) is 1. The van der Waals surface area contributed by atoms with Gasteiger partial charge in [0, 0.05) is 18.7 Å². The van der Waals surface area contributed by atoms with Crippen LogP contribution in [0.5, 0.6) is 0 Å². The van der Waals surface area contributed by atoms with Crippen LogP contribution in [0.2, 0.25) is 0 Å². The first-order valence-corrected chi connectivity index (χ1v) is 5.99. The van der Waals surface area contributed by atoms with E-state index in [2.05, 4.69) is 33.0 Å². The van der Waals surface area contributed by atoms with E-state index in [0.717, 1.165) is 6.54 Å². The van der Waals surface area contributed by atoms with Gasteiger partial charge in [0.15, 0.2) is 0 Å². The molecule has 1 aliphatic rings. The van der Waals surface area contributed by atoms with Crippen molar-refractivity contribution in [2.75, 3.05) is 7.05 Å². The summed E-state index contributed by atoms with van der Waals surface area (Å²) >= 11 is 0. The van der Waals surface area contributed by atoms with Crippen LogP contribution in [0.4, 0.5) is 0 Å². The fraction of sp³-hybridized carbons (Fsp3) is 0.462. The number of hydrogen-bond acceptors (Lipinski definition) is 2. The van der Waals surface area contributed by atoms with Gasteiger partial charge in [-0.1, -0.05) is 12.5 Å². The topological polar surface area (TPSA) is 29.3 Å². The zero-order chi connectivity index (χ0) is 11.0. The maximum atomic E-state index is 4.56. The summed E-state index contributed by atoms with van der Waals surface area (Å²) in [4.78, 5) is 4.56. The van der Waals surface area contributed by atoms with Crippen molar-refractivity contribution in [3.8, 4) is 0 Å². The van der Waals surface area contributed by atoms with E-state index >= 15 is 0 Å². The molecule has 3 heteroatoms. The number of pyridine rings is 1. The Labute approximate surface area is 95.5 Å². The third-order valence-corrected chi connectivity index (χ3v) is 3.47. The monoisotopic (exact) mass is 215 g/mol. The molecule has 0 spiro atoms. The normalized spacial score (nSPS) is 16.6. The van der Waals surface area contributed by atoms with Crippen molar-refractivity contribution < 1.29 is 0 Å². The summed E-state index contributed by atoms with van der Waals surface area (Å²) in [7, 11) is 1.98. The molecule has 0 atom stereocenters. The van der Waals surface area contributed by atoms with E-state index in [4.69, 9.17) is 0 Å². The van der Waals surface area contributed by atoms with Crippen molar-refractivity contribution in [2.45, 2.75) is 31.7 Å². The summed E-state index contributed by atoms with van der Waals surface area (Å²) in [5.41, 5.74) is 2.52. The van der Waals surface area contributed by atoms with Gasteiger partial charge < -0.3 is 9.72 Å². The molecule has 0 unspecified atom stereocenters. The molecule has 2 aromatic rings. The molecule has 2 heterocycles. The highest BCUT2D eigenvalue weighted by molar-refractivity contribution is 5.47. The molecule has 0 amide bonds. The molecule has 1 fully saturated rings. The molecule has 1 N–H and O–H groups in total. The molecular formula is C13H17N3. The van der Waals surface area contributed by atoms with E-state index in [1.165, 1.54) is 36.2 Å². The van der Waals surface area contributed by atoms with Crippen molar-refractivity contribution in [3.63, 3.8) is 0 Å². The van der Waals surface area contributed by atoms with Crippen LogP contribution < -0.4 is 5.32 Å². The van der Waals surface area contributed by atoms with Crippen LogP contribution in [-0.2, 0) is 6.54 Å². The highest BCUT2D eigenvalue weighted by Crippen LogP contribution is 2.35. The third kappa shape index (κ3) is 1.52. The van der Waals surface area contributed by atoms with Gasteiger partial charge in [-0.2, -0.15) is 0 Å². The first-order valence-electron chi connectivity index (χ1n) is 5.99. The first-order chi connectivity index (χ1) is 7.88. The van der Waals surface area contributed by atoms with Crippen LogP contribution in [0, 0.1) is 0 Å². The van der Waals surface area contributed by atoms with Crippen molar-refractivity contribution in [1.29, 1.82) is 0 Å². The first kappa shape index (κ1) is 9.85. The van der Waals surface area contributed by atoms with Gasteiger partial charge in [-0.25, -0.2) is 4.98 Å². The van der Waals surface area contributed by atoms with Gasteiger partial charge in [0.1, 0.15) is 5.82 Å². The van der Waals surface area contributed by atoms with Gasteiger partial charge in [0.2, 0.25) is 0 Å². The van der Waals surface area contributed by atoms with Crippen molar-refractivity contribution in [3.05, 3.63) is 35.9 Å². The molecule has 0 bridgehead atoms. The fourth-order valence-electron chi connectivity index (χ4n) is 2.33. The highest BCUT2D eigenvalue weighted by Gasteiger charge is 2.23. The Kier molecular flexibility index (Phi) is 2.40. The van der Waals surface area contributed by atoms with Gasteiger partial charge >= 0.3 is 0 Å². The van der Waals surface area contributed by atoms with E-state index in [0.29, 0.717) is 5.92 Å². The SMILES string of the molecule is CNCc1ccc2cnc(C3CCC3)n2c1. The van der Waals surface area contributed by atoms with E-state index in [9.17, 15) is 0 Å². The lowest BCUT2D eigenvalue weighted by atomic mass is 9.85. The van der Waals surface area contributed by atoms with Crippen molar-refractivity contribution in [1.82, 2.24) is 14.7 Å². The smallest absolute Gasteiger partial charge is 0.116 e. The van der Waals surface area contributed by atoms with Crippen LogP contribution in [0.1, 0.15) is 36.6 Å². The summed E-state index contributed by atoms with van der Waals surface area (Å²) in [6.07, 6.45) is 8.16. The van der Waals surface area contributed by atoms with Gasteiger partial charge in [0.05, 0.1) is 11.7 Å². The Hall–Kier alpha value is -1.35. The van der Waals surface area contributed by atoms with Crippen LogP contribution in [0.3, 0.4) is 0 Å². The second kappa shape index (κ2) is 3.91. The van der Waals surface area contributed by atoms with E-state index in [-0.39, 0.29) is 0 Å². The number of nitrogens with zero attached hydrogens (tertiary/aromatic N) is 2. The van der Waals surface area contributed by atoms with E-state index in [1.54, 1.807) is 0 Å². The predicted molar refractivity (Wildman–Crippen MR) is 64.5 cm³/mol. The molecule has 0 aliphatic heterocycles. The summed E-state index contributed by atoms with van der Waals surface area (Å²) in [6, 6.07) is 4.32. The maximum absolute atomic E-state index is 4.56. The average Bonchev–Trinajstić information content (AvgIpc) is 2.60. The number of imidazole rings is 1. The molecule has 1 saturated carbocycles. The second-order valence-electron chi connectivity index (χ2n) is 4.61. The molecule has 3 rings (SSSR count). The molecule has 0 aromatic carbocycles. The van der Waals surface area contributed by atoms with E-state index in [1.807, 2.05) is 13.2 Å². The lowest BCUT2D eigenvalue weighted by Crippen LogP contribution is -2.13. The largest absolute Gasteiger partial charge is 0.316 e. The molecule has 3 nitrogen and oxygen atoms in total. The van der Waals surface area contributed by atoms with Crippen molar-refractivity contribution >= 4 is 5.52 Å². The zero-order valence-electron chi connectivity index (χ0n) is 9.61. The number of aromatic nitrogens is 2. The van der Waals surface area contributed by atoms with Crippen LogP contribution in [-0.4, -0.2) is 16.4 Å². The number of hydrogen-bond donors (Lipinski definition) is 1.